The standard InChI is InChI=1S/C30H28ClN5O5/c1-3-41-30(39)24-16-35-15-21(9-10-27(35)34-24)33-29(38)25(11-18-5-4-6-18)36-17-26(40-2)23(13-28(36)37)22-12-20(31)8-7-19(22)14-32/h7-10,12-13,15-18,25H,3-6,11H2,1-2H3,(H,33,38). The molecule has 3 heterocycles. The van der Waals surface area contributed by atoms with E-state index in [1.807, 2.05) is 0 Å². The van der Waals surface area contributed by atoms with Crippen LogP contribution in [0, 0.1) is 17.2 Å². The maximum Gasteiger partial charge on any atom is 0.358 e. The first-order valence-electron chi connectivity index (χ1n) is 13.3. The maximum absolute atomic E-state index is 13.7. The third kappa shape index (κ3) is 5.81. The summed E-state index contributed by atoms with van der Waals surface area (Å²) in [4.78, 5) is 43.5. The Labute approximate surface area is 241 Å². The van der Waals surface area contributed by atoms with Crippen molar-refractivity contribution in [2.45, 2.75) is 38.6 Å². The lowest BCUT2D eigenvalue weighted by atomic mass is 9.80. The Morgan fingerprint density at radius 1 is 1.17 bits per heavy atom. The van der Waals surface area contributed by atoms with Gasteiger partial charge in [0, 0.05) is 34.6 Å². The van der Waals surface area contributed by atoms with Crippen LogP contribution in [0.2, 0.25) is 5.02 Å². The van der Waals surface area contributed by atoms with E-state index >= 15 is 0 Å². The van der Waals surface area contributed by atoms with Gasteiger partial charge in [-0.25, -0.2) is 9.78 Å². The van der Waals surface area contributed by atoms with Crippen LogP contribution in [0.5, 0.6) is 5.75 Å². The zero-order valence-electron chi connectivity index (χ0n) is 22.6. The zero-order chi connectivity index (χ0) is 29.1. The Morgan fingerprint density at radius 3 is 2.66 bits per heavy atom. The lowest BCUT2D eigenvalue weighted by Crippen LogP contribution is -2.35. The molecule has 1 aliphatic rings. The van der Waals surface area contributed by atoms with Crippen LogP contribution in [0.25, 0.3) is 16.8 Å². The van der Waals surface area contributed by atoms with Gasteiger partial charge in [-0.1, -0.05) is 30.9 Å². The number of ether oxygens (including phenoxy) is 2. The third-order valence-electron chi connectivity index (χ3n) is 7.28. The highest BCUT2D eigenvalue weighted by atomic mass is 35.5. The van der Waals surface area contributed by atoms with Crippen LogP contribution in [0.4, 0.5) is 5.69 Å². The second-order valence-electron chi connectivity index (χ2n) is 9.87. The molecule has 4 aromatic rings. The minimum Gasteiger partial charge on any atom is -0.495 e. The van der Waals surface area contributed by atoms with E-state index < -0.39 is 17.6 Å². The summed E-state index contributed by atoms with van der Waals surface area (Å²) in [5.41, 5.74) is 1.98. The first-order chi connectivity index (χ1) is 19.8. The number of nitriles is 1. The number of amides is 1. The minimum atomic E-state index is -0.806. The van der Waals surface area contributed by atoms with Crippen molar-refractivity contribution >= 4 is 34.8 Å². The normalized spacial score (nSPS) is 13.7. The van der Waals surface area contributed by atoms with Gasteiger partial charge in [0.2, 0.25) is 5.91 Å². The Morgan fingerprint density at radius 2 is 1.98 bits per heavy atom. The molecule has 41 heavy (non-hydrogen) atoms. The number of carbonyl (C=O) groups is 2. The van der Waals surface area contributed by atoms with Gasteiger partial charge in [-0.2, -0.15) is 5.26 Å². The fourth-order valence-electron chi connectivity index (χ4n) is 4.97. The molecule has 1 N–H and O–H groups in total. The van der Waals surface area contributed by atoms with Gasteiger partial charge in [0.1, 0.15) is 17.4 Å². The smallest absolute Gasteiger partial charge is 0.358 e. The number of benzene rings is 1. The van der Waals surface area contributed by atoms with Crippen LogP contribution in [0.15, 0.2) is 59.8 Å². The number of imidazole rings is 1. The van der Waals surface area contributed by atoms with E-state index in [-0.39, 0.29) is 18.2 Å². The molecule has 1 aromatic carbocycles. The fourth-order valence-corrected chi connectivity index (χ4v) is 5.14. The highest BCUT2D eigenvalue weighted by Crippen LogP contribution is 2.36. The van der Waals surface area contributed by atoms with E-state index in [4.69, 9.17) is 21.1 Å². The second kappa shape index (κ2) is 11.9. The van der Waals surface area contributed by atoms with Gasteiger partial charge < -0.3 is 19.2 Å². The van der Waals surface area contributed by atoms with Crippen LogP contribution < -0.4 is 15.6 Å². The molecule has 0 saturated heterocycles. The average Bonchev–Trinajstić information content (AvgIpc) is 3.36. The number of hydrogen-bond donors (Lipinski definition) is 1. The van der Waals surface area contributed by atoms with Crippen LogP contribution >= 0.6 is 11.6 Å². The van der Waals surface area contributed by atoms with Crippen molar-refractivity contribution in [2.75, 3.05) is 19.0 Å². The first-order valence-corrected chi connectivity index (χ1v) is 13.7. The quantitative estimate of drug-likeness (QED) is 0.271. The number of nitrogens with one attached hydrogen (secondary N) is 1. The Bertz CT molecular complexity index is 1730. The molecule has 1 atom stereocenters. The summed E-state index contributed by atoms with van der Waals surface area (Å²) in [6, 6.07) is 10.9. The summed E-state index contributed by atoms with van der Waals surface area (Å²) < 4.78 is 13.7. The van der Waals surface area contributed by atoms with Crippen molar-refractivity contribution < 1.29 is 19.1 Å². The molecular formula is C30H28ClN5O5. The topological polar surface area (TPSA) is 128 Å². The van der Waals surface area contributed by atoms with E-state index in [1.54, 1.807) is 47.9 Å². The number of rotatable bonds is 9. The van der Waals surface area contributed by atoms with Crippen LogP contribution in [-0.2, 0) is 9.53 Å². The zero-order valence-corrected chi connectivity index (χ0v) is 23.4. The summed E-state index contributed by atoms with van der Waals surface area (Å²) in [5.74, 6) is -0.246. The Hall–Kier alpha value is -4.62. The summed E-state index contributed by atoms with van der Waals surface area (Å²) in [5, 5.41) is 12.9. The van der Waals surface area contributed by atoms with Crippen molar-refractivity contribution in [2.24, 2.45) is 5.92 Å². The fraction of sp³-hybridized carbons (Fsp3) is 0.300. The molecule has 11 heteroatoms. The highest BCUT2D eigenvalue weighted by Gasteiger charge is 2.30. The van der Waals surface area contributed by atoms with Gasteiger partial charge in [-0.3, -0.25) is 14.2 Å². The number of carbonyl (C=O) groups excluding carboxylic acids is 2. The predicted octanol–water partition coefficient (Wildman–Crippen LogP) is 5.24. The molecule has 210 valence electrons. The molecule has 0 radical (unpaired) electrons. The summed E-state index contributed by atoms with van der Waals surface area (Å²) >= 11 is 6.19. The first kappa shape index (κ1) is 27.9. The number of pyridine rings is 2. The Kier molecular flexibility index (Phi) is 8.08. The van der Waals surface area contributed by atoms with Crippen LogP contribution in [-0.4, -0.2) is 39.5 Å². The molecule has 10 nitrogen and oxygen atoms in total. The molecule has 1 saturated carbocycles. The lowest BCUT2D eigenvalue weighted by molar-refractivity contribution is -0.120. The summed E-state index contributed by atoms with van der Waals surface area (Å²) in [6.07, 6.45) is 8.25. The van der Waals surface area contributed by atoms with Crippen molar-refractivity contribution in [3.05, 3.63) is 81.6 Å². The molecule has 5 rings (SSSR count). The van der Waals surface area contributed by atoms with E-state index in [2.05, 4.69) is 16.4 Å². The molecule has 0 bridgehead atoms. The van der Waals surface area contributed by atoms with E-state index in [1.165, 1.54) is 30.1 Å². The lowest BCUT2D eigenvalue weighted by Gasteiger charge is -2.30. The van der Waals surface area contributed by atoms with Gasteiger partial charge in [0.15, 0.2) is 5.69 Å². The number of hydrogen-bond acceptors (Lipinski definition) is 7. The summed E-state index contributed by atoms with van der Waals surface area (Å²) in [7, 11) is 1.47. The Balaban J connectivity index is 1.49. The number of anilines is 1. The molecule has 1 amide bonds. The minimum absolute atomic E-state index is 0.163. The van der Waals surface area contributed by atoms with E-state index in [9.17, 15) is 19.6 Å². The SMILES string of the molecule is CCOC(=O)c1cn2cc(NC(=O)C(CC3CCC3)n3cc(OC)c(-c4cc(Cl)ccc4C#N)cc3=O)ccc2n1. The third-order valence-corrected chi connectivity index (χ3v) is 7.51. The molecule has 3 aromatic heterocycles. The van der Waals surface area contributed by atoms with E-state index in [0.29, 0.717) is 51.1 Å². The van der Waals surface area contributed by atoms with Gasteiger partial charge in [-0.05, 0) is 49.6 Å². The van der Waals surface area contributed by atoms with Gasteiger partial charge in [0.05, 0.1) is 37.2 Å². The van der Waals surface area contributed by atoms with Crippen LogP contribution in [0.3, 0.4) is 0 Å². The van der Waals surface area contributed by atoms with Gasteiger partial charge >= 0.3 is 5.97 Å². The number of nitrogens with zero attached hydrogens (tertiary/aromatic N) is 4. The molecule has 1 unspecified atom stereocenters. The monoisotopic (exact) mass is 573 g/mol. The number of esters is 1. The molecular weight excluding hydrogens is 546 g/mol. The number of fused-ring (bicyclic) bond motifs is 1. The number of aromatic nitrogens is 3. The second-order valence-corrected chi connectivity index (χ2v) is 10.3. The van der Waals surface area contributed by atoms with Crippen molar-refractivity contribution in [3.63, 3.8) is 0 Å². The number of methoxy groups -OCH3 is 1. The van der Waals surface area contributed by atoms with Gasteiger partial charge in [-0.15, -0.1) is 0 Å². The molecule has 0 aliphatic heterocycles. The van der Waals surface area contributed by atoms with Crippen molar-refractivity contribution in [1.29, 1.82) is 5.26 Å². The van der Waals surface area contributed by atoms with E-state index in [0.717, 1.165) is 19.3 Å². The largest absolute Gasteiger partial charge is 0.495 e. The summed E-state index contributed by atoms with van der Waals surface area (Å²) in [6.45, 7) is 1.96. The van der Waals surface area contributed by atoms with Crippen molar-refractivity contribution in [3.8, 4) is 22.9 Å². The number of halogens is 1. The molecule has 1 aliphatic carbocycles. The maximum atomic E-state index is 13.7. The van der Waals surface area contributed by atoms with Crippen molar-refractivity contribution in [1.82, 2.24) is 14.0 Å². The molecule has 0 spiro atoms. The molecule has 1 fully saturated rings. The highest BCUT2D eigenvalue weighted by molar-refractivity contribution is 6.31. The van der Waals surface area contributed by atoms with Gasteiger partial charge in [0.25, 0.3) is 5.56 Å². The average molecular weight is 574 g/mol. The van der Waals surface area contributed by atoms with Crippen LogP contribution in [0.1, 0.15) is 54.7 Å². The predicted molar refractivity (Wildman–Crippen MR) is 153 cm³/mol.